The van der Waals surface area contributed by atoms with E-state index in [0.717, 1.165) is 10.5 Å². The number of aromatic carboxylic acids is 1. The van der Waals surface area contributed by atoms with Crippen LogP contribution < -0.4 is 5.56 Å². The molecule has 0 saturated heterocycles. The number of benzene rings is 1. The highest BCUT2D eigenvalue weighted by atomic mass is 35.5. The van der Waals surface area contributed by atoms with Gasteiger partial charge < -0.3 is 10.1 Å². The van der Waals surface area contributed by atoms with Crippen molar-refractivity contribution in [2.75, 3.05) is 6.54 Å². The predicted molar refractivity (Wildman–Crippen MR) is 86.5 cm³/mol. The molecule has 1 aromatic heterocycles. The van der Waals surface area contributed by atoms with Crippen LogP contribution in [0, 0.1) is 0 Å². The Hall–Kier alpha value is -2.23. The smallest absolute Gasteiger partial charge is 0.342 e. The quantitative estimate of drug-likeness (QED) is 0.790. The molecule has 2 aromatic rings. The molecule has 0 bridgehead atoms. The number of aromatic amines is 1. The van der Waals surface area contributed by atoms with Crippen LogP contribution in [0.4, 0.5) is 0 Å². The second kappa shape index (κ2) is 7.12. The van der Waals surface area contributed by atoms with Crippen molar-refractivity contribution >= 4 is 27.6 Å². The van der Waals surface area contributed by atoms with Crippen LogP contribution in [0.5, 0.6) is 0 Å². The average molecular weight is 372 g/mol. The Morgan fingerprint density at radius 3 is 2.46 bits per heavy atom. The van der Waals surface area contributed by atoms with E-state index in [1.165, 1.54) is 24.3 Å². The third-order valence-electron chi connectivity index (χ3n) is 3.21. The van der Waals surface area contributed by atoms with Crippen molar-refractivity contribution in [3.63, 3.8) is 0 Å². The molecular weight excluding hydrogens is 358 g/mol. The van der Waals surface area contributed by atoms with Crippen LogP contribution in [0.15, 0.2) is 40.2 Å². The van der Waals surface area contributed by atoms with Crippen molar-refractivity contribution in [2.24, 2.45) is 0 Å². The molecule has 0 radical (unpaired) electrons. The Bertz CT molecular complexity index is 909. The first-order valence-corrected chi connectivity index (χ1v) is 8.64. The lowest BCUT2D eigenvalue weighted by molar-refractivity contribution is 0.0694. The van der Waals surface area contributed by atoms with Crippen molar-refractivity contribution in [3.05, 3.63) is 57.2 Å². The van der Waals surface area contributed by atoms with Crippen LogP contribution in [-0.2, 0) is 16.6 Å². The Labute approximate surface area is 142 Å². The van der Waals surface area contributed by atoms with Gasteiger partial charge in [0.1, 0.15) is 11.4 Å². The van der Waals surface area contributed by atoms with Crippen molar-refractivity contribution in [3.8, 4) is 0 Å². The number of sulfonamides is 1. The van der Waals surface area contributed by atoms with Gasteiger partial charge in [-0.1, -0.05) is 18.5 Å². The molecule has 0 amide bonds. The van der Waals surface area contributed by atoms with Gasteiger partial charge in [-0.05, 0) is 24.3 Å². The second-order valence-electron chi connectivity index (χ2n) is 4.76. The highest BCUT2D eigenvalue weighted by molar-refractivity contribution is 7.89. The summed E-state index contributed by atoms with van der Waals surface area (Å²) in [6.45, 7) is 1.57. The van der Waals surface area contributed by atoms with E-state index >= 15 is 0 Å². The lowest BCUT2D eigenvalue weighted by Gasteiger charge is -2.20. The molecule has 0 saturated carbocycles. The normalized spacial score (nSPS) is 11.6. The highest BCUT2D eigenvalue weighted by Crippen LogP contribution is 2.19. The van der Waals surface area contributed by atoms with Gasteiger partial charge in [-0.15, -0.1) is 0 Å². The molecular formula is C14H14ClN3O5S. The monoisotopic (exact) mass is 371 g/mol. The molecule has 128 valence electrons. The molecule has 0 atom stereocenters. The zero-order chi connectivity index (χ0) is 17.9. The summed E-state index contributed by atoms with van der Waals surface area (Å²) < 4.78 is 26.3. The Morgan fingerprint density at radius 1 is 1.33 bits per heavy atom. The zero-order valence-corrected chi connectivity index (χ0v) is 14.1. The molecule has 0 aliphatic heterocycles. The summed E-state index contributed by atoms with van der Waals surface area (Å²) in [6.07, 6.45) is 0.902. The van der Waals surface area contributed by atoms with Gasteiger partial charge in [0.15, 0.2) is 0 Å². The summed E-state index contributed by atoms with van der Waals surface area (Å²) in [5.74, 6) is -1.36. The molecule has 2 N–H and O–H groups in total. The number of nitrogens with zero attached hydrogens (tertiary/aromatic N) is 2. The van der Waals surface area contributed by atoms with E-state index in [2.05, 4.69) is 9.97 Å². The second-order valence-corrected chi connectivity index (χ2v) is 7.14. The lowest BCUT2D eigenvalue weighted by Crippen LogP contribution is -2.32. The predicted octanol–water partition coefficient (Wildman–Crippen LogP) is 1.33. The van der Waals surface area contributed by atoms with Gasteiger partial charge in [-0.25, -0.2) is 18.2 Å². The molecule has 0 aliphatic rings. The molecule has 10 heteroatoms. The Kier molecular flexibility index (Phi) is 5.37. The maximum absolute atomic E-state index is 12.6. The van der Waals surface area contributed by atoms with Gasteiger partial charge in [-0.3, -0.25) is 4.79 Å². The molecule has 0 spiro atoms. The van der Waals surface area contributed by atoms with E-state index in [9.17, 15) is 18.0 Å². The fourth-order valence-corrected chi connectivity index (χ4v) is 3.49. The number of carboxylic acids is 1. The lowest BCUT2D eigenvalue weighted by atomic mass is 10.3. The minimum Gasteiger partial charge on any atom is -0.477 e. The standard InChI is InChI=1S/C14H14ClN3O5S/c1-2-18(24(22,23)10-5-3-9(15)4-6-10)8-12-16-7-11(14(20)21)13(19)17-12/h3-7H,2,8H2,1H3,(H,20,21)(H,16,17,19). The van der Waals surface area contributed by atoms with E-state index in [-0.39, 0.29) is 23.8 Å². The van der Waals surface area contributed by atoms with E-state index in [0.29, 0.717) is 5.02 Å². The van der Waals surface area contributed by atoms with E-state index in [1.807, 2.05) is 0 Å². The number of hydrogen-bond acceptors (Lipinski definition) is 5. The molecule has 0 fully saturated rings. The zero-order valence-electron chi connectivity index (χ0n) is 12.6. The first kappa shape index (κ1) is 18.1. The van der Waals surface area contributed by atoms with E-state index in [4.69, 9.17) is 16.7 Å². The molecule has 1 heterocycles. The largest absolute Gasteiger partial charge is 0.477 e. The van der Waals surface area contributed by atoms with Gasteiger partial charge in [0.25, 0.3) is 5.56 Å². The van der Waals surface area contributed by atoms with Gasteiger partial charge in [-0.2, -0.15) is 4.31 Å². The van der Waals surface area contributed by atoms with Gasteiger partial charge in [0, 0.05) is 17.8 Å². The number of rotatable bonds is 6. The number of carbonyl (C=O) groups is 1. The van der Waals surface area contributed by atoms with Crippen LogP contribution in [0.1, 0.15) is 23.1 Å². The third kappa shape index (κ3) is 3.81. The van der Waals surface area contributed by atoms with Crippen LogP contribution in [0.2, 0.25) is 5.02 Å². The van der Waals surface area contributed by atoms with E-state index in [1.54, 1.807) is 6.92 Å². The highest BCUT2D eigenvalue weighted by Gasteiger charge is 2.24. The minimum atomic E-state index is -3.81. The number of aromatic nitrogens is 2. The van der Waals surface area contributed by atoms with E-state index < -0.39 is 27.1 Å². The molecule has 0 unspecified atom stereocenters. The summed E-state index contributed by atoms with van der Waals surface area (Å²) in [7, 11) is -3.81. The summed E-state index contributed by atoms with van der Waals surface area (Å²) in [4.78, 5) is 28.6. The fourth-order valence-electron chi connectivity index (χ4n) is 1.95. The van der Waals surface area contributed by atoms with Gasteiger partial charge in [0.2, 0.25) is 10.0 Å². The number of carboxylic acid groups (broad SMARTS) is 1. The van der Waals surface area contributed by atoms with Crippen LogP contribution in [0.25, 0.3) is 0 Å². The summed E-state index contributed by atoms with van der Waals surface area (Å²) >= 11 is 5.76. The fraction of sp³-hybridized carbons (Fsp3) is 0.214. The average Bonchev–Trinajstić information content (AvgIpc) is 2.52. The number of nitrogens with one attached hydrogen (secondary N) is 1. The van der Waals surface area contributed by atoms with Gasteiger partial charge in [0.05, 0.1) is 11.4 Å². The Balaban J connectivity index is 2.32. The first-order chi connectivity index (χ1) is 11.3. The van der Waals surface area contributed by atoms with Crippen molar-refractivity contribution in [1.29, 1.82) is 0 Å². The molecule has 8 nitrogen and oxygen atoms in total. The SMILES string of the molecule is CCN(Cc1ncc(C(=O)O)c(=O)[nH]1)S(=O)(=O)c1ccc(Cl)cc1. The number of halogens is 1. The maximum Gasteiger partial charge on any atom is 0.342 e. The topological polar surface area (TPSA) is 120 Å². The third-order valence-corrected chi connectivity index (χ3v) is 5.40. The van der Waals surface area contributed by atoms with Crippen LogP contribution in [-0.4, -0.2) is 40.3 Å². The molecule has 0 aliphatic carbocycles. The van der Waals surface area contributed by atoms with Crippen molar-refractivity contribution < 1.29 is 18.3 Å². The molecule has 24 heavy (non-hydrogen) atoms. The summed E-state index contributed by atoms with van der Waals surface area (Å²) in [5, 5.41) is 9.22. The van der Waals surface area contributed by atoms with Crippen LogP contribution >= 0.6 is 11.6 Å². The van der Waals surface area contributed by atoms with Gasteiger partial charge >= 0.3 is 5.97 Å². The minimum absolute atomic E-state index is 0.0457. The summed E-state index contributed by atoms with van der Waals surface area (Å²) in [6, 6.07) is 5.68. The van der Waals surface area contributed by atoms with Crippen LogP contribution in [0.3, 0.4) is 0 Å². The van der Waals surface area contributed by atoms with Crippen molar-refractivity contribution in [2.45, 2.75) is 18.4 Å². The summed E-state index contributed by atoms with van der Waals surface area (Å²) in [5.41, 5.74) is -1.35. The molecule has 1 aromatic carbocycles. The number of hydrogen-bond donors (Lipinski definition) is 2. The maximum atomic E-state index is 12.6. The molecule has 2 rings (SSSR count). The van der Waals surface area contributed by atoms with Crippen molar-refractivity contribution in [1.82, 2.24) is 14.3 Å². The number of H-pyrrole nitrogens is 1. The Morgan fingerprint density at radius 2 is 1.96 bits per heavy atom. The first-order valence-electron chi connectivity index (χ1n) is 6.83.